The lowest BCUT2D eigenvalue weighted by molar-refractivity contribution is -0.0704. The maximum Gasteiger partial charge on any atom is 0.274 e. The van der Waals surface area contributed by atoms with E-state index in [2.05, 4.69) is 15.1 Å². The van der Waals surface area contributed by atoms with Crippen LogP contribution in [0.3, 0.4) is 0 Å². The van der Waals surface area contributed by atoms with Gasteiger partial charge in [0.15, 0.2) is 6.79 Å². The number of hydrogen-bond acceptors (Lipinski definition) is 3. The fraction of sp³-hybridized carbons (Fsp3) is 0.222. The average molecular weight is 216 g/mol. The summed E-state index contributed by atoms with van der Waals surface area (Å²) in [6.45, 7) is 0.0132. The monoisotopic (exact) mass is 215 g/mol. The summed E-state index contributed by atoms with van der Waals surface area (Å²) in [4.78, 5) is 16.0. The van der Waals surface area contributed by atoms with Crippen LogP contribution in [0.1, 0.15) is 10.4 Å². The molecule has 0 saturated carbocycles. The summed E-state index contributed by atoms with van der Waals surface area (Å²) in [5.74, 6) is -0.335. The van der Waals surface area contributed by atoms with Crippen LogP contribution >= 0.6 is 11.6 Å². The van der Waals surface area contributed by atoms with Crippen LogP contribution in [-0.4, -0.2) is 19.8 Å². The van der Waals surface area contributed by atoms with Crippen LogP contribution in [0.5, 0.6) is 0 Å². The molecule has 1 N–H and O–H groups in total. The molecule has 0 aliphatic rings. The standard InChI is InChI=1S/C9H10ClNO3/c1-13-6-14-11-9(12)7-2-4-8(10)5-3-7/h2-5H,6H2,1H3,(H,11,12). The summed E-state index contributed by atoms with van der Waals surface area (Å²) in [5.41, 5.74) is 2.69. The van der Waals surface area contributed by atoms with Gasteiger partial charge in [0.05, 0.1) is 0 Å². The molecule has 0 saturated heterocycles. The zero-order valence-corrected chi connectivity index (χ0v) is 8.38. The predicted molar refractivity (Wildman–Crippen MR) is 51.9 cm³/mol. The number of rotatable bonds is 4. The van der Waals surface area contributed by atoms with Crippen molar-refractivity contribution in [3.63, 3.8) is 0 Å². The minimum absolute atomic E-state index is 0.0132. The third-order valence-corrected chi connectivity index (χ3v) is 1.70. The zero-order chi connectivity index (χ0) is 10.4. The number of amides is 1. The van der Waals surface area contributed by atoms with Gasteiger partial charge in [-0.3, -0.25) is 4.79 Å². The molecule has 0 unspecified atom stereocenters. The van der Waals surface area contributed by atoms with E-state index in [1.807, 2.05) is 0 Å². The molecule has 5 heteroatoms. The summed E-state index contributed by atoms with van der Waals surface area (Å²) in [5, 5.41) is 0.583. The van der Waals surface area contributed by atoms with Crippen molar-refractivity contribution < 1.29 is 14.4 Å². The molecule has 1 aromatic rings. The number of hydrogen-bond donors (Lipinski definition) is 1. The highest BCUT2D eigenvalue weighted by Gasteiger charge is 2.03. The van der Waals surface area contributed by atoms with Crippen LogP contribution in [0.2, 0.25) is 5.02 Å². The van der Waals surface area contributed by atoms with E-state index in [0.717, 1.165) is 0 Å². The second-order valence-corrected chi connectivity index (χ2v) is 2.93. The molecule has 0 atom stereocenters. The van der Waals surface area contributed by atoms with Crippen LogP contribution in [0.15, 0.2) is 24.3 Å². The Bertz CT molecular complexity index is 299. The van der Waals surface area contributed by atoms with Gasteiger partial charge in [-0.05, 0) is 24.3 Å². The number of nitrogens with one attached hydrogen (secondary N) is 1. The highest BCUT2D eigenvalue weighted by Crippen LogP contribution is 2.09. The molecule has 1 aromatic carbocycles. The third-order valence-electron chi connectivity index (χ3n) is 1.45. The number of carbonyl (C=O) groups is 1. The maximum absolute atomic E-state index is 11.3. The van der Waals surface area contributed by atoms with E-state index < -0.39 is 0 Å². The molecule has 0 radical (unpaired) electrons. The molecule has 0 aliphatic carbocycles. The lowest BCUT2D eigenvalue weighted by Gasteiger charge is -2.04. The molecule has 4 nitrogen and oxygen atoms in total. The van der Waals surface area contributed by atoms with Crippen LogP contribution in [-0.2, 0) is 9.57 Å². The van der Waals surface area contributed by atoms with Gasteiger partial charge in [0, 0.05) is 17.7 Å². The van der Waals surface area contributed by atoms with E-state index >= 15 is 0 Å². The van der Waals surface area contributed by atoms with Gasteiger partial charge in [-0.15, -0.1) is 0 Å². The van der Waals surface area contributed by atoms with Crippen molar-refractivity contribution in [2.24, 2.45) is 0 Å². The summed E-state index contributed by atoms with van der Waals surface area (Å²) in [7, 11) is 1.47. The number of halogens is 1. The Morgan fingerprint density at radius 1 is 1.43 bits per heavy atom. The first-order valence-electron chi connectivity index (χ1n) is 3.90. The fourth-order valence-electron chi connectivity index (χ4n) is 0.814. The first-order valence-corrected chi connectivity index (χ1v) is 4.28. The van der Waals surface area contributed by atoms with Crippen molar-refractivity contribution in [1.82, 2.24) is 5.48 Å². The first kappa shape index (κ1) is 11.0. The maximum atomic E-state index is 11.3. The smallest absolute Gasteiger partial charge is 0.274 e. The Morgan fingerprint density at radius 2 is 2.07 bits per heavy atom. The highest BCUT2D eigenvalue weighted by molar-refractivity contribution is 6.30. The van der Waals surface area contributed by atoms with Crippen LogP contribution < -0.4 is 5.48 Å². The van der Waals surface area contributed by atoms with Crippen molar-refractivity contribution in [3.8, 4) is 0 Å². The van der Waals surface area contributed by atoms with Gasteiger partial charge >= 0.3 is 0 Å². The number of ether oxygens (including phenoxy) is 1. The molecule has 0 fully saturated rings. The summed E-state index contributed by atoms with van der Waals surface area (Å²) in [6.07, 6.45) is 0. The van der Waals surface area contributed by atoms with Crippen molar-refractivity contribution in [3.05, 3.63) is 34.9 Å². The van der Waals surface area contributed by atoms with Gasteiger partial charge in [-0.2, -0.15) is 0 Å². The summed E-state index contributed by atoms with van der Waals surface area (Å²) >= 11 is 5.66. The molecule has 1 rings (SSSR count). The molecule has 14 heavy (non-hydrogen) atoms. The van der Waals surface area contributed by atoms with Gasteiger partial charge in [-0.25, -0.2) is 10.3 Å². The van der Waals surface area contributed by atoms with Crippen LogP contribution in [0.25, 0.3) is 0 Å². The molecule has 0 aliphatic heterocycles. The van der Waals surface area contributed by atoms with Crippen molar-refractivity contribution in [1.29, 1.82) is 0 Å². The minimum atomic E-state index is -0.335. The van der Waals surface area contributed by atoms with E-state index in [1.54, 1.807) is 24.3 Å². The fourth-order valence-corrected chi connectivity index (χ4v) is 0.940. The number of methoxy groups -OCH3 is 1. The summed E-state index contributed by atoms with van der Waals surface area (Å²) in [6, 6.07) is 6.47. The quantitative estimate of drug-likeness (QED) is 0.472. The molecule has 76 valence electrons. The minimum Gasteiger partial charge on any atom is -0.356 e. The van der Waals surface area contributed by atoms with E-state index in [9.17, 15) is 4.79 Å². The Morgan fingerprint density at radius 3 is 2.64 bits per heavy atom. The van der Waals surface area contributed by atoms with Crippen LogP contribution in [0, 0.1) is 0 Å². The first-order chi connectivity index (χ1) is 6.74. The van der Waals surface area contributed by atoms with E-state index in [0.29, 0.717) is 10.6 Å². The van der Waals surface area contributed by atoms with Crippen molar-refractivity contribution >= 4 is 17.5 Å². The number of carbonyl (C=O) groups excluding carboxylic acids is 1. The van der Waals surface area contributed by atoms with Crippen molar-refractivity contribution in [2.45, 2.75) is 0 Å². The number of benzene rings is 1. The zero-order valence-electron chi connectivity index (χ0n) is 7.62. The number of hydroxylamine groups is 1. The Labute approximate surface area is 86.7 Å². The van der Waals surface area contributed by atoms with E-state index in [-0.39, 0.29) is 12.7 Å². The van der Waals surface area contributed by atoms with Gasteiger partial charge < -0.3 is 4.74 Å². The highest BCUT2D eigenvalue weighted by atomic mass is 35.5. The van der Waals surface area contributed by atoms with Crippen molar-refractivity contribution in [2.75, 3.05) is 13.9 Å². The van der Waals surface area contributed by atoms with Gasteiger partial charge in [0.1, 0.15) is 0 Å². The molecule has 0 bridgehead atoms. The van der Waals surface area contributed by atoms with E-state index in [4.69, 9.17) is 11.6 Å². The molecular weight excluding hydrogens is 206 g/mol. The predicted octanol–water partition coefficient (Wildman–Crippen LogP) is 1.61. The topological polar surface area (TPSA) is 47.6 Å². The molecule has 1 amide bonds. The Hall–Kier alpha value is -1.10. The average Bonchev–Trinajstić information content (AvgIpc) is 2.19. The summed E-state index contributed by atoms with van der Waals surface area (Å²) < 4.78 is 4.59. The Kier molecular flexibility index (Phi) is 4.39. The normalized spacial score (nSPS) is 9.86. The third kappa shape index (κ3) is 3.33. The van der Waals surface area contributed by atoms with Crippen LogP contribution in [0.4, 0.5) is 0 Å². The molecule has 0 heterocycles. The molecule has 0 aromatic heterocycles. The van der Waals surface area contributed by atoms with Gasteiger partial charge in [-0.1, -0.05) is 11.6 Å². The SMILES string of the molecule is COCONC(=O)c1ccc(Cl)cc1. The largest absolute Gasteiger partial charge is 0.356 e. The van der Waals surface area contributed by atoms with Gasteiger partial charge in [0.25, 0.3) is 5.91 Å². The van der Waals surface area contributed by atoms with Gasteiger partial charge in [0.2, 0.25) is 0 Å². The molecule has 0 spiro atoms. The Balaban J connectivity index is 2.48. The lowest BCUT2D eigenvalue weighted by atomic mass is 10.2. The molecular formula is C9H10ClNO3. The second-order valence-electron chi connectivity index (χ2n) is 2.49. The van der Waals surface area contributed by atoms with E-state index in [1.165, 1.54) is 7.11 Å². The lowest BCUT2D eigenvalue weighted by Crippen LogP contribution is -2.24. The second kappa shape index (κ2) is 5.59.